The van der Waals surface area contributed by atoms with Crippen molar-refractivity contribution in [2.24, 2.45) is 46.3 Å². The maximum absolute atomic E-state index is 12.9. The van der Waals surface area contributed by atoms with Crippen molar-refractivity contribution in [2.75, 3.05) is 0 Å². The average molecular weight is 581 g/mol. The lowest BCUT2D eigenvalue weighted by Crippen LogP contribution is -2.52. The van der Waals surface area contributed by atoms with Crippen molar-refractivity contribution in [3.05, 3.63) is 11.6 Å². The smallest absolute Gasteiger partial charge is 0.306 e. The first-order chi connectivity index (χ1) is 20.3. The van der Waals surface area contributed by atoms with Crippen LogP contribution in [0.5, 0.6) is 0 Å². The molecule has 0 aromatic heterocycles. The molecule has 0 spiro atoms. The summed E-state index contributed by atoms with van der Waals surface area (Å²) in [7, 11) is 0. The summed E-state index contributed by atoms with van der Waals surface area (Å²) in [6.07, 6.45) is 27.1. The topological polar surface area (TPSA) is 52.6 Å². The second kappa shape index (κ2) is 13.0. The Balaban J connectivity index is 1.06. The van der Waals surface area contributed by atoms with E-state index in [0.29, 0.717) is 24.2 Å². The summed E-state index contributed by atoms with van der Waals surface area (Å²) in [5.41, 5.74) is 2.16. The molecule has 0 saturated heterocycles. The lowest BCUT2D eigenvalue weighted by molar-refractivity contribution is -0.157. The van der Waals surface area contributed by atoms with Crippen molar-refractivity contribution in [2.45, 2.75) is 168 Å². The molecule has 0 heterocycles. The average Bonchev–Trinajstić information content (AvgIpc) is 3.76. The van der Waals surface area contributed by atoms with Crippen molar-refractivity contribution >= 4 is 11.9 Å². The fourth-order valence-electron chi connectivity index (χ4n) is 11.8. The molecule has 0 N–H and O–H groups in total. The normalized spacial score (nSPS) is 39.2. The van der Waals surface area contributed by atoms with Gasteiger partial charge in [-0.05, 0) is 112 Å². The molecule has 5 fully saturated rings. The Kier molecular flexibility index (Phi) is 9.47. The zero-order valence-corrected chi connectivity index (χ0v) is 27.2. The maximum Gasteiger partial charge on any atom is 0.306 e. The van der Waals surface area contributed by atoms with Crippen molar-refractivity contribution in [1.82, 2.24) is 0 Å². The van der Waals surface area contributed by atoms with Crippen molar-refractivity contribution in [3.63, 3.8) is 0 Å². The summed E-state index contributed by atoms with van der Waals surface area (Å²) in [4.78, 5) is 25.6. The Morgan fingerprint density at radius 1 is 0.857 bits per heavy atom. The molecule has 0 aliphatic heterocycles. The van der Waals surface area contributed by atoms with Crippen LogP contribution >= 0.6 is 0 Å². The molecule has 6 rings (SSSR count). The van der Waals surface area contributed by atoms with Gasteiger partial charge in [-0.2, -0.15) is 0 Å². The fraction of sp³-hybridized carbons (Fsp3) is 0.895. The number of esters is 2. The van der Waals surface area contributed by atoms with Gasteiger partial charge in [0.25, 0.3) is 0 Å². The van der Waals surface area contributed by atoms with Crippen LogP contribution in [0.25, 0.3) is 0 Å². The molecule has 236 valence electrons. The monoisotopic (exact) mass is 580 g/mol. The first-order valence-corrected chi connectivity index (χ1v) is 18.4. The molecular weight excluding hydrogens is 520 g/mol. The summed E-state index contributed by atoms with van der Waals surface area (Å²) in [6.45, 7) is 7.17. The van der Waals surface area contributed by atoms with E-state index in [4.69, 9.17) is 9.47 Å². The van der Waals surface area contributed by atoms with Crippen LogP contribution in [0.15, 0.2) is 11.6 Å². The zero-order valence-electron chi connectivity index (χ0n) is 27.2. The van der Waals surface area contributed by atoms with Crippen LogP contribution in [-0.2, 0) is 19.1 Å². The van der Waals surface area contributed by atoms with Crippen molar-refractivity contribution in [3.8, 4) is 0 Å². The molecule has 0 aromatic rings. The van der Waals surface area contributed by atoms with Crippen LogP contribution in [0.2, 0.25) is 0 Å². The largest absolute Gasteiger partial charge is 0.462 e. The standard InChI is InChI=1S/C38H60O4/c1-4-38-24-22-33-31(34(38)18-17-32(38)26(2)41-35(39)19-13-27-9-5-6-10-27)16-15-29-25-30(21-23-37(29,33)3)42-36(40)20-14-28-11-7-8-12-28/h15,26-28,30-34H,4-14,16-25H2,1-3H3. The summed E-state index contributed by atoms with van der Waals surface area (Å²) in [5.74, 6) is 4.31. The molecule has 4 nitrogen and oxygen atoms in total. The van der Waals surface area contributed by atoms with Crippen molar-refractivity contribution in [1.29, 1.82) is 0 Å². The highest BCUT2D eigenvalue weighted by Crippen LogP contribution is 2.68. The molecule has 8 atom stereocenters. The highest BCUT2D eigenvalue weighted by Gasteiger charge is 2.61. The van der Waals surface area contributed by atoms with Gasteiger partial charge in [0.05, 0.1) is 0 Å². The highest BCUT2D eigenvalue weighted by atomic mass is 16.5. The second-order valence-corrected chi connectivity index (χ2v) is 16.0. The van der Waals surface area contributed by atoms with E-state index in [1.54, 1.807) is 5.57 Å². The van der Waals surface area contributed by atoms with Crippen LogP contribution in [-0.4, -0.2) is 24.1 Å². The SMILES string of the molecule is CCC12CCC3C(CC=C4CC(OC(=O)CCC5CCCC5)CCC43C)C1CCC2C(C)OC(=O)CCC1CCCC1. The van der Waals surface area contributed by atoms with Gasteiger partial charge in [-0.1, -0.05) is 76.9 Å². The number of fused-ring (bicyclic) bond motifs is 5. The van der Waals surface area contributed by atoms with Gasteiger partial charge < -0.3 is 9.47 Å². The van der Waals surface area contributed by atoms with Gasteiger partial charge in [-0.25, -0.2) is 0 Å². The minimum Gasteiger partial charge on any atom is -0.462 e. The van der Waals surface area contributed by atoms with Crippen LogP contribution in [0.1, 0.15) is 156 Å². The molecule has 0 aromatic carbocycles. The van der Waals surface area contributed by atoms with E-state index in [1.807, 2.05) is 0 Å². The van der Waals surface area contributed by atoms with E-state index in [9.17, 15) is 9.59 Å². The number of hydrogen-bond donors (Lipinski definition) is 0. The van der Waals surface area contributed by atoms with Crippen LogP contribution in [0.3, 0.4) is 0 Å². The Labute approximate surface area is 256 Å². The van der Waals surface area contributed by atoms with E-state index < -0.39 is 0 Å². The second-order valence-electron chi connectivity index (χ2n) is 16.0. The summed E-state index contributed by atoms with van der Waals surface area (Å²) in [6, 6.07) is 0. The van der Waals surface area contributed by atoms with Gasteiger partial charge in [-0.3, -0.25) is 9.59 Å². The van der Waals surface area contributed by atoms with Gasteiger partial charge in [0.2, 0.25) is 0 Å². The first kappa shape index (κ1) is 30.7. The Morgan fingerprint density at radius 3 is 2.19 bits per heavy atom. The zero-order chi connectivity index (χ0) is 29.3. The van der Waals surface area contributed by atoms with Gasteiger partial charge in [-0.15, -0.1) is 0 Å². The molecule has 0 bridgehead atoms. The summed E-state index contributed by atoms with van der Waals surface area (Å²) in [5, 5.41) is 0. The number of carbonyl (C=O) groups is 2. The Bertz CT molecular complexity index is 989. The molecular formula is C38H60O4. The fourth-order valence-corrected chi connectivity index (χ4v) is 11.8. The van der Waals surface area contributed by atoms with E-state index in [1.165, 1.54) is 89.9 Å². The van der Waals surface area contributed by atoms with Gasteiger partial charge in [0, 0.05) is 25.2 Å². The number of ether oxygens (including phenoxy) is 2. The molecule has 5 saturated carbocycles. The third-order valence-corrected chi connectivity index (χ3v) is 14.1. The first-order valence-electron chi connectivity index (χ1n) is 18.4. The number of allylic oxidation sites excluding steroid dienone is 1. The Morgan fingerprint density at radius 2 is 1.52 bits per heavy atom. The molecule has 6 aliphatic carbocycles. The van der Waals surface area contributed by atoms with Gasteiger partial charge >= 0.3 is 11.9 Å². The molecule has 0 amide bonds. The molecule has 42 heavy (non-hydrogen) atoms. The van der Waals surface area contributed by atoms with E-state index >= 15 is 0 Å². The number of rotatable bonds is 10. The number of hydrogen-bond acceptors (Lipinski definition) is 4. The third-order valence-electron chi connectivity index (χ3n) is 14.1. The van der Waals surface area contributed by atoms with E-state index in [2.05, 4.69) is 26.8 Å². The van der Waals surface area contributed by atoms with E-state index in [0.717, 1.165) is 61.7 Å². The lowest BCUT2D eigenvalue weighted by atomic mass is 9.46. The maximum atomic E-state index is 12.9. The molecule has 6 aliphatic rings. The lowest BCUT2D eigenvalue weighted by Gasteiger charge is -2.59. The predicted octanol–water partition coefficient (Wildman–Crippen LogP) is 9.74. The van der Waals surface area contributed by atoms with Gasteiger partial charge in [0.15, 0.2) is 0 Å². The molecule has 8 unspecified atom stereocenters. The van der Waals surface area contributed by atoms with Crippen molar-refractivity contribution < 1.29 is 19.1 Å². The summed E-state index contributed by atoms with van der Waals surface area (Å²) >= 11 is 0. The Hall–Kier alpha value is -1.32. The van der Waals surface area contributed by atoms with Crippen LogP contribution in [0, 0.1) is 46.3 Å². The summed E-state index contributed by atoms with van der Waals surface area (Å²) < 4.78 is 12.3. The highest BCUT2D eigenvalue weighted by molar-refractivity contribution is 5.70. The van der Waals surface area contributed by atoms with Gasteiger partial charge in [0.1, 0.15) is 12.2 Å². The third kappa shape index (κ3) is 6.00. The minimum atomic E-state index is 0.0339. The quantitative estimate of drug-likeness (QED) is 0.191. The minimum absolute atomic E-state index is 0.0339. The number of carbonyl (C=O) groups excluding carboxylic acids is 2. The van der Waals surface area contributed by atoms with E-state index in [-0.39, 0.29) is 29.6 Å². The molecule has 0 radical (unpaired) electrons. The predicted molar refractivity (Wildman–Crippen MR) is 168 cm³/mol. The van der Waals surface area contributed by atoms with Crippen LogP contribution < -0.4 is 0 Å². The molecule has 4 heteroatoms. The van der Waals surface area contributed by atoms with Crippen LogP contribution in [0.4, 0.5) is 0 Å².